The van der Waals surface area contributed by atoms with Gasteiger partial charge in [0.05, 0.1) is 39.9 Å². The molecule has 0 radical (unpaired) electrons. The van der Waals surface area contributed by atoms with Crippen molar-refractivity contribution in [3.63, 3.8) is 0 Å². The minimum Gasteiger partial charge on any atom is -0.387 e. The Morgan fingerprint density at radius 2 is 0.896 bits per heavy atom. The second kappa shape index (κ2) is 49.4. The molecule has 9 heteroatoms. The summed E-state index contributed by atoms with van der Waals surface area (Å²) < 4.78 is 23.7. The van der Waals surface area contributed by atoms with Crippen LogP contribution in [0.5, 0.6) is 0 Å². The van der Waals surface area contributed by atoms with E-state index in [1.807, 2.05) is 27.2 Å². The number of likely N-dealkylation sites (N-methyl/N-ethyl adjacent to an activating group) is 1. The van der Waals surface area contributed by atoms with Gasteiger partial charge in [0.2, 0.25) is 5.91 Å². The van der Waals surface area contributed by atoms with E-state index in [4.69, 9.17) is 9.05 Å². The Morgan fingerprint density at radius 3 is 1.31 bits per heavy atom. The van der Waals surface area contributed by atoms with E-state index in [0.717, 1.165) is 77.0 Å². The smallest absolute Gasteiger partial charge is 0.387 e. The lowest BCUT2D eigenvalue weighted by molar-refractivity contribution is -0.870. The van der Waals surface area contributed by atoms with Crippen LogP contribution in [0.1, 0.15) is 264 Å². The molecule has 0 aliphatic carbocycles. The summed E-state index contributed by atoms with van der Waals surface area (Å²) in [6.07, 6.45) is 65.1. The fourth-order valence-electron chi connectivity index (χ4n) is 8.35. The number of allylic oxidation sites excluding steroid dienone is 7. The summed E-state index contributed by atoms with van der Waals surface area (Å²) in [6.45, 7) is 4.71. The number of nitrogens with zero attached hydrogens (tertiary/aromatic N) is 1. The number of aliphatic hydroxyl groups excluding tert-OH is 1. The maximum Gasteiger partial charge on any atom is 0.472 e. The molecule has 67 heavy (non-hydrogen) atoms. The van der Waals surface area contributed by atoms with Crippen molar-refractivity contribution in [2.45, 2.75) is 276 Å². The fraction of sp³-hybridized carbons (Fsp3) is 0.845. The monoisotopic (exact) mass is 964 g/mol. The molecule has 8 nitrogen and oxygen atoms in total. The van der Waals surface area contributed by atoms with E-state index in [-0.39, 0.29) is 19.1 Å². The number of phosphoric acid groups is 1. The highest BCUT2D eigenvalue weighted by molar-refractivity contribution is 7.47. The summed E-state index contributed by atoms with van der Waals surface area (Å²) >= 11 is 0. The van der Waals surface area contributed by atoms with E-state index in [1.165, 1.54) is 167 Å². The Kier molecular flexibility index (Phi) is 48.3. The van der Waals surface area contributed by atoms with Crippen molar-refractivity contribution in [3.8, 4) is 0 Å². The van der Waals surface area contributed by atoms with E-state index in [0.29, 0.717) is 17.4 Å². The molecule has 0 saturated heterocycles. The standard InChI is InChI=1S/C58H111N2O6P/c1-6-8-10-12-14-16-18-20-22-23-24-25-26-27-28-29-30-31-32-33-34-35-36-38-39-41-43-45-47-49-51-57(61)56(55-66-67(63,64)65-54-53-60(3,4)5)59-58(62)52-50-48-46-44-42-40-37-21-19-17-15-13-11-9-7-2/h9,11,15,17,21,37,49,51,56-57,61H,6-8,10,12-14,16,18-20,22-36,38-48,50,52-55H2,1-5H3,(H-,59,62,63,64)/p+1/b11-9-,17-15-,37-21-,51-49+. The zero-order valence-corrected chi connectivity index (χ0v) is 45.8. The molecule has 1 amide bonds. The molecular formula is C58H112N2O6P+. The summed E-state index contributed by atoms with van der Waals surface area (Å²) in [7, 11) is 1.56. The van der Waals surface area contributed by atoms with Gasteiger partial charge >= 0.3 is 7.82 Å². The number of unbranched alkanes of at least 4 members (excludes halogenated alkanes) is 33. The average Bonchev–Trinajstić information content (AvgIpc) is 3.29. The van der Waals surface area contributed by atoms with Crippen LogP contribution in [0.25, 0.3) is 0 Å². The number of rotatable bonds is 52. The largest absolute Gasteiger partial charge is 0.472 e. The average molecular weight is 965 g/mol. The number of amides is 1. The molecule has 3 unspecified atom stereocenters. The molecule has 0 aromatic heterocycles. The molecule has 0 aromatic carbocycles. The number of hydrogen-bond donors (Lipinski definition) is 3. The van der Waals surface area contributed by atoms with Gasteiger partial charge in [0.15, 0.2) is 0 Å². The van der Waals surface area contributed by atoms with Crippen LogP contribution in [0.2, 0.25) is 0 Å². The van der Waals surface area contributed by atoms with Crippen molar-refractivity contribution < 1.29 is 32.9 Å². The Morgan fingerprint density at radius 1 is 0.522 bits per heavy atom. The molecule has 0 rings (SSSR count). The first-order chi connectivity index (χ1) is 32.5. The van der Waals surface area contributed by atoms with Gasteiger partial charge in [0.25, 0.3) is 0 Å². The predicted molar refractivity (Wildman–Crippen MR) is 291 cm³/mol. The van der Waals surface area contributed by atoms with Gasteiger partial charge in [-0.15, -0.1) is 0 Å². The van der Waals surface area contributed by atoms with Crippen molar-refractivity contribution in [2.75, 3.05) is 40.9 Å². The number of aliphatic hydroxyl groups is 1. The highest BCUT2D eigenvalue weighted by atomic mass is 31.2. The number of quaternary nitrogens is 1. The van der Waals surface area contributed by atoms with Crippen LogP contribution in [0, 0.1) is 0 Å². The summed E-state index contributed by atoms with van der Waals surface area (Å²) in [5, 5.41) is 13.9. The summed E-state index contributed by atoms with van der Waals surface area (Å²) in [6, 6.07) is -0.857. The van der Waals surface area contributed by atoms with Gasteiger partial charge in [-0.2, -0.15) is 0 Å². The summed E-state index contributed by atoms with van der Waals surface area (Å²) in [4.78, 5) is 23.2. The van der Waals surface area contributed by atoms with Crippen LogP contribution in [-0.2, 0) is 18.4 Å². The lowest BCUT2D eigenvalue weighted by Crippen LogP contribution is -2.45. The lowest BCUT2D eigenvalue weighted by atomic mass is 10.0. The molecule has 3 N–H and O–H groups in total. The number of phosphoric ester groups is 1. The van der Waals surface area contributed by atoms with Crippen molar-refractivity contribution in [1.29, 1.82) is 0 Å². The van der Waals surface area contributed by atoms with Crippen molar-refractivity contribution >= 4 is 13.7 Å². The minimum atomic E-state index is -4.35. The number of hydrogen-bond acceptors (Lipinski definition) is 5. The highest BCUT2D eigenvalue weighted by Crippen LogP contribution is 2.43. The Bertz CT molecular complexity index is 1230. The Balaban J connectivity index is 4.13. The van der Waals surface area contributed by atoms with Crippen molar-refractivity contribution in [2.24, 2.45) is 0 Å². The van der Waals surface area contributed by atoms with Crippen molar-refractivity contribution in [1.82, 2.24) is 5.32 Å². The van der Waals surface area contributed by atoms with E-state index in [2.05, 4.69) is 55.6 Å². The Hall–Kier alpha value is -1.54. The minimum absolute atomic E-state index is 0.0568. The molecular weight excluding hydrogens is 852 g/mol. The van der Waals surface area contributed by atoms with E-state index < -0.39 is 20.0 Å². The SMILES string of the molecule is CC/C=C\C/C=C\C/C=C\CCCCCCCC(=O)NC(COP(=O)(O)OCC[N+](C)(C)C)C(O)/C=C/CCCCCCCCCCCCCCCCCCCCCCCCCCCCCC. The van der Waals surface area contributed by atoms with Gasteiger partial charge in [-0.25, -0.2) is 4.57 Å². The third kappa shape index (κ3) is 52.1. The third-order valence-electron chi connectivity index (χ3n) is 12.8. The van der Waals surface area contributed by atoms with Gasteiger partial charge in [-0.3, -0.25) is 13.8 Å². The third-order valence-corrected chi connectivity index (χ3v) is 13.8. The van der Waals surface area contributed by atoms with Gasteiger partial charge in [0.1, 0.15) is 13.2 Å². The zero-order valence-electron chi connectivity index (χ0n) is 44.9. The molecule has 0 spiro atoms. The number of nitrogens with one attached hydrogen (secondary N) is 1. The topological polar surface area (TPSA) is 105 Å². The van der Waals surface area contributed by atoms with E-state index >= 15 is 0 Å². The maximum atomic E-state index is 12.9. The van der Waals surface area contributed by atoms with Gasteiger partial charge in [-0.05, 0) is 51.4 Å². The van der Waals surface area contributed by atoms with Gasteiger partial charge < -0.3 is 19.8 Å². The van der Waals surface area contributed by atoms with Crippen LogP contribution in [0.4, 0.5) is 0 Å². The molecule has 394 valence electrons. The normalized spacial score (nSPS) is 14.3. The van der Waals surface area contributed by atoms with E-state index in [9.17, 15) is 19.4 Å². The van der Waals surface area contributed by atoms with Crippen LogP contribution < -0.4 is 5.32 Å². The quantitative estimate of drug-likeness (QED) is 0.0243. The molecule has 0 fully saturated rings. The van der Waals surface area contributed by atoms with Gasteiger partial charge in [-0.1, -0.05) is 255 Å². The van der Waals surface area contributed by atoms with Crippen LogP contribution >= 0.6 is 7.82 Å². The first-order valence-electron chi connectivity index (χ1n) is 28.5. The van der Waals surface area contributed by atoms with Crippen LogP contribution in [0.15, 0.2) is 48.6 Å². The molecule has 0 aliphatic rings. The zero-order chi connectivity index (χ0) is 49.2. The summed E-state index contributed by atoms with van der Waals surface area (Å²) in [5.74, 6) is -0.193. The molecule has 0 bridgehead atoms. The number of carbonyl (C=O) groups is 1. The fourth-order valence-corrected chi connectivity index (χ4v) is 9.09. The van der Waals surface area contributed by atoms with Gasteiger partial charge in [0, 0.05) is 6.42 Å². The van der Waals surface area contributed by atoms with Crippen LogP contribution in [0.3, 0.4) is 0 Å². The second-order valence-corrected chi connectivity index (χ2v) is 22.1. The highest BCUT2D eigenvalue weighted by Gasteiger charge is 2.27. The van der Waals surface area contributed by atoms with Crippen molar-refractivity contribution in [3.05, 3.63) is 48.6 Å². The molecule has 3 atom stereocenters. The first-order valence-corrected chi connectivity index (χ1v) is 30.0. The first kappa shape index (κ1) is 65.5. The molecule has 0 aromatic rings. The summed E-state index contributed by atoms with van der Waals surface area (Å²) in [5.41, 5.74) is 0. The predicted octanol–water partition coefficient (Wildman–Crippen LogP) is 17.2. The lowest BCUT2D eigenvalue weighted by Gasteiger charge is -2.25. The Labute approximate surface area is 416 Å². The molecule has 0 saturated carbocycles. The van der Waals surface area contributed by atoms with Crippen LogP contribution in [-0.4, -0.2) is 73.4 Å². The second-order valence-electron chi connectivity index (χ2n) is 20.6. The number of carbonyl (C=O) groups excluding carboxylic acids is 1. The van der Waals surface area contributed by atoms with E-state index in [1.54, 1.807) is 6.08 Å². The molecule has 0 aliphatic heterocycles. The molecule has 0 heterocycles. The maximum absolute atomic E-state index is 12.9.